The second-order valence-corrected chi connectivity index (χ2v) is 9.44. The van der Waals surface area contributed by atoms with Gasteiger partial charge in [0.2, 0.25) is 15.8 Å². The highest BCUT2D eigenvalue weighted by Gasteiger charge is 2.30. The lowest BCUT2D eigenvalue weighted by Crippen LogP contribution is -2.48. The smallest absolute Gasteiger partial charge is 0.243 e. The molecular weight excluding hydrogens is 422 g/mol. The maximum Gasteiger partial charge on any atom is 0.243 e. The zero-order chi connectivity index (χ0) is 21.3. The van der Waals surface area contributed by atoms with Crippen molar-refractivity contribution < 1.29 is 26.8 Å². The van der Waals surface area contributed by atoms with Gasteiger partial charge in [-0.25, -0.2) is 8.42 Å². The Morgan fingerprint density at radius 3 is 2.52 bits per heavy atom. The molecule has 0 bridgehead atoms. The molecule has 10 heteroatoms. The highest BCUT2D eigenvalue weighted by atomic mass is 32.2. The Morgan fingerprint density at radius 2 is 1.74 bits per heavy atom. The number of piperazine rings is 1. The van der Waals surface area contributed by atoms with E-state index in [4.69, 9.17) is 18.4 Å². The second kappa shape index (κ2) is 8.37. The summed E-state index contributed by atoms with van der Waals surface area (Å²) in [7, 11) is -3.60. The Balaban J connectivity index is 1.22. The molecule has 4 heterocycles. The van der Waals surface area contributed by atoms with E-state index in [0.717, 1.165) is 12.1 Å². The van der Waals surface area contributed by atoms with Crippen LogP contribution in [0, 0.1) is 0 Å². The zero-order valence-electron chi connectivity index (χ0n) is 16.9. The van der Waals surface area contributed by atoms with Crippen molar-refractivity contribution in [3.05, 3.63) is 48.4 Å². The standard InChI is InChI=1S/C21H23N3O6S/c25-31(26,17-4-5-19-20(14-17)29-12-2-11-28-19)24-8-6-23(7-9-24)15-16-13-21(30-22-16)18-3-1-10-27-18/h1,3-5,10,13-14H,2,6-9,11-12,15H2. The molecule has 1 fully saturated rings. The van der Waals surface area contributed by atoms with Gasteiger partial charge in [0.05, 0.1) is 30.1 Å². The first-order valence-corrected chi connectivity index (χ1v) is 11.7. The first kappa shape index (κ1) is 20.1. The molecule has 0 N–H and O–H groups in total. The Morgan fingerprint density at radius 1 is 0.935 bits per heavy atom. The van der Waals surface area contributed by atoms with Crippen LogP contribution in [-0.4, -0.2) is 62.2 Å². The van der Waals surface area contributed by atoms with Crippen LogP contribution in [0.1, 0.15) is 12.1 Å². The van der Waals surface area contributed by atoms with Crippen molar-refractivity contribution >= 4 is 10.0 Å². The highest BCUT2D eigenvalue weighted by Crippen LogP contribution is 2.33. The topological polar surface area (TPSA) is 98.3 Å². The predicted molar refractivity (Wildman–Crippen MR) is 110 cm³/mol. The fourth-order valence-electron chi connectivity index (χ4n) is 3.73. The summed E-state index contributed by atoms with van der Waals surface area (Å²) in [5.74, 6) is 2.28. The van der Waals surface area contributed by atoms with E-state index in [2.05, 4.69) is 10.1 Å². The van der Waals surface area contributed by atoms with E-state index >= 15 is 0 Å². The lowest BCUT2D eigenvalue weighted by Gasteiger charge is -2.33. The van der Waals surface area contributed by atoms with Crippen LogP contribution in [0.15, 0.2) is 56.5 Å². The monoisotopic (exact) mass is 445 g/mol. The van der Waals surface area contributed by atoms with Crippen molar-refractivity contribution in [2.75, 3.05) is 39.4 Å². The quantitative estimate of drug-likeness (QED) is 0.591. The maximum absolute atomic E-state index is 13.1. The number of sulfonamides is 1. The molecule has 164 valence electrons. The normalized spacial score (nSPS) is 18.1. The van der Waals surface area contributed by atoms with Crippen LogP contribution in [0.2, 0.25) is 0 Å². The van der Waals surface area contributed by atoms with Crippen molar-refractivity contribution in [3.63, 3.8) is 0 Å². The van der Waals surface area contributed by atoms with Gasteiger partial charge in [-0.05, 0) is 24.3 Å². The van der Waals surface area contributed by atoms with Crippen LogP contribution in [0.25, 0.3) is 11.5 Å². The zero-order valence-corrected chi connectivity index (χ0v) is 17.7. The van der Waals surface area contributed by atoms with E-state index in [-0.39, 0.29) is 4.90 Å². The van der Waals surface area contributed by atoms with Crippen molar-refractivity contribution in [3.8, 4) is 23.0 Å². The average Bonchev–Trinajstić information content (AvgIpc) is 3.41. The van der Waals surface area contributed by atoms with E-state index in [9.17, 15) is 8.42 Å². The van der Waals surface area contributed by atoms with Crippen LogP contribution >= 0.6 is 0 Å². The van der Waals surface area contributed by atoms with Gasteiger partial charge in [0.1, 0.15) is 0 Å². The molecule has 5 rings (SSSR count). The molecule has 2 aromatic heterocycles. The molecule has 1 aromatic carbocycles. The Hall–Kier alpha value is -2.82. The van der Waals surface area contributed by atoms with Gasteiger partial charge in [0.15, 0.2) is 17.3 Å². The summed E-state index contributed by atoms with van der Waals surface area (Å²) in [5.41, 5.74) is 0.783. The number of nitrogens with zero attached hydrogens (tertiary/aromatic N) is 3. The lowest BCUT2D eigenvalue weighted by atomic mass is 10.3. The molecule has 2 aliphatic rings. The van der Waals surface area contributed by atoms with Gasteiger partial charge >= 0.3 is 0 Å². The van der Waals surface area contributed by atoms with E-state index in [1.54, 1.807) is 30.5 Å². The number of aromatic nitrogens is 1. The van der Waals surface area contributed by atoms with Crippen molar-refractivity contribution in [1.82, 2.24) is 14.4 Å². The lowest BCUT2D eigenvalue weighted by molar-refractivity contribution is 0.178. The van der Waals surface area contributed by atoms with E-state index in [1.807, 2.05) is 12.1 Å². The van der Waals surface area contributed by atoms with Crippen LogP contribution in [-0.2, 0) is 16.6 Å². The van der Waals surface area contributed by atoms with Crippen molar-refractivity contribution in [2.24, 2.45) is 0 Å². The summed E-state index contributed by atoms with van der Waals surface area (Å²) in [5, 5.41) is 4.10. The van der Waals surface area contributed by atoms with Gasteiger partial charge in [-0.3, -0.25) is 4.90 Å². The van der Waals surface area contributed by atoms with E-state index in [1.165, 1.54) is 4.31 Å². The molecule has 0 atom stereocenters. The number of hydrogen-bond donors (Lipinski definition) is 0. The summed E-state index contributed by atoms with van der Waals surface area (Å²) in [4.78, 5) is 2.38. The van der Waals surface area contributed by atoms with Gasteiger partial charge < -0.3 is 18.4 Å². The predicted octanol–water partition coefficient (Wildman–Crippen LogP) is 2.60. The third-order valence-corrected chi connectivity index (χ3v) is 7.29. The van der Waals surface area contributed by atoms with Crippen LogP contribution in [0.4, 0.5) is 0 Å². The van der Waals surface area contributed by atoms with Gasteiger partial charge in [0, 0.05) is 51.3 Å². The number of ether oxygens (including phenoxy) is 2. The molecule has 1 saturated heterocycles. The van der Waals surface area contributed by atoms with E-state index in [0.29, 0.717) is 69.0 Å². The highest BCUT2D eigenvalue weighted by molar-refractivity contribution is 7.89. The van der Waals surface area contributed by atoms with Crippen LogP contribution < -0.4 is 9.47 Å². The van der Waals surface area contributed by atoms with Crippen molar-refractivity contribution in [1.29, 1.82) is 0 Å². The van der Waals surface area contributed by atoms with Gasteiger partial charge in [0.25, 0.3) is 0 Å². The fourth-order valence-corrected chi connectivity index (χ4v) is 5.17. The average molecular weight is 445 g/mol. The minimum Gasteiger partial charge on any atom is -0.490 e. The van der Waals surface area contributed by atoms with Gasteiger partial charge in [-0.1, -0.05) is 5.16 Å². The van der Waals surface area contributed by atoms with Crippen LogP contribution in [0.3, 0.4) is 0 Å². The largest absolute Gasteiger partial charge is 0.490 e. The summed E-state index contributed by atoms with van der Waals surface area (Å²) < 4.78 is 49.7. The van der Waals surface area contributed by atoms with Gasteiger partial charge in [-0.15, -0.1) is 0 Å². The van der Waals surface area contributed by atoms with Crippen molar-refractivity contribution in [2.45, 2.75) is 17.9 Å². The minimum absolute atomic E-state index is 0.227. The first-order chi connectivity index (χ1) is 15.1. The van der Waals surface area contributed by atoms with Crippen LogP contribution in [0.5, 0.6) is 11.5 Å². The molecule has 0 saturated carbocycles. The summed E-state index contributed by atoms with van der Waals surface area (Å²) in [6.45, 7) is 3.68. The Labute approximate surface area is 180 Å². The maximum atomic E-state index is 13.1. The number of hydrogen-bond acceptors (Lipinski definition) is 8. The molecular formula is C21H23N3O6S. The molecule has 3 aromatic rings. The summed E-state index contributed by atoms with van der Waals surface area (Å²) in [6.07, 6.45) is 2.35. The molecule has 2 aliphatic heterocycles. The summed E-state index contributed by atoms with van der Waals surface area (Å²) >= 11 is 0. The number of furan rings is 1. The fraction of sp³-hybridized carbons (Fsp3) is 0.381. The Bertz CT molecular complexity index is 1130. The van der Waals surface area contributed by atoms with E-state index < -0.39 is 10.0 Å². The molecule has 31 heavy (non-hydrogen) atoms. The van der Waals surface area contributed by atoms with Gasteiger partial charge in [-0.2, -0.15) is 4.31 Å². The molecule has 9 nitrogen and oxygen atoms in total. The first-order valence-electron chi connectivity index (χ1n) is 10.2. The molecule has 0 aliphatic carbocycles. The minimum atomic E-state index is -3.60. The third kappa shape index (κ3) is 4.18. The molecule has 0 unspecified atom stereocenters. The second-order valence-electron chi connectivity index (χ2n) is 7.50. The molecule has 0 amide bonds. The summed E-state index contributed by atoms with van der Waals surface area (Å²) in [6, 6.07) is 10.3. The third-order valence-electron chi connectivity index (χ3n) is 5.40. The number of fused-ring (bicyclic) bond motifs is 1. The molecule has 0 radical (unpaired) electrons. The molecule has 0 spiro atoms. The number of rotatable bonds is 5. The Kier molecular flexibility index (Phi) is 5.43. The SMILES string of the molecule is O=S(=O)(c1ccc2c(c1)OCCCO2)N1CCN(Cc2cc(-c3ccco3)on2)CC1. The number of benzene rings is 1.